The number of benzene rings is 2. The maximum atomic E-state index is 12.7. The van der Waals surface area contributed by atoms with E-state index in [1.165, 1.54) is 14.2 Å². The van der Waals surface area contributed by atoms with Gasteiger partial charge in [0.25, 0.3) is 0 Å². The van der Waals surface area contributed by atoms with Crippen molar-refractivity contribution < 1.29 is 34.0 Å². The summed E-state index contributed by atoms with van der Waals surface area (Å²) < 4.78 is 15.7. The lowest BCUT2D eigenvalue weighted by atomic mass is 9.88. The molecule has 1 amide bonds. The van der Waals surface area contributed by atoms with Crippen LogP contribution in [0.2, 0.25) is 0 Å². The van der Waals surface area contributed by atoms with E-state index < -0.39 is 11.9 Å². The summed E-state index contributed by atoms with van der Waals surface area (Å²) in [4.78, 5) is 25.6. The van der Waals surface area contributed by atoms with E-state index in [-0.39, 0.29) is 34.5 Å². The third kappa shape index (κ3) is 3.60. The Morgan fingerprint density at radius 2 is 1.69 bits per heavy atom. The molecule has 3 N–H and O–H groups in total. The monoisotopic (exact) mass is 455 g/mol. The van der Waals surface area contributed by atoms with Crippen LogP contribution in [0.1, 0.15) is 32.5 Å². The lowest BCUT2D eigenvalue weighted by molar-refractivity contribution is -0.116. The van der Waals surface area contributed by atoms with E-state index >= 15 is 0 Å². The number of carboxylic acids is 1. The Bertz CT molecular complexity index is 1170. The summed E-state index contributed by atoms with van der Waals surface area (Å²) in [6, 6.07) is 10.3. The van der Waals surface area contributed by atoms with Crippen molar-refractivity contribution in [3.8, 4) is 34.1 Å². The molecule has 4 rings (SSSR count). The van der Waals surface area contributed by atoms with Gasteiger partial charge in [-0.2, -0.15) is 0 Å². The number of aromatic carboxylic acids is 1. The van der Waals surface area contributed by atoms with Gasteiger partial charge in [0.05, 0.1) is 27.0 Å². The van der Waals surface area contributed by atoms with Crippen LogP contribution in [0.4, 0.5) is 5.69 Å². The van der Waals surface area contributed by atoms with Crippen LogP contribution >= 0.6 is 11.3 Å². The van der Waals surface area contributed by atoms with E-state index in [1.54, 1.807) is 43.5 Å². The summed E-state index contributed by atoms with van der Waals surface area (Å²) in [6.07, 6.45) is 0.117. The van der Waals surface area contributed by atoms with Gasteiger partial charge >= 0.3 is 5.97 Å². The predicted molar refractivity (Wildman–Crippen MR) is 120 cm³/mol. The quantitative estimate of drug-likeness (QED) is 0.507. The maximum Gasteiger partial charge on any atom is 0.346 e. The Labute approximate surface area is 188 Å². The lowest BCUT2D eigenvalue weighted by Gasteiger charge is -2.25. The van der Waals surface area contributed by atoms with Gasteiger partial charge in [-0.1, -0.05) is 12.1 Å². The highest BCUT2D eigenvalue weighted by molar-refractivity contribution is 7.15. The molecule has 0 saturated heterocycles. The second kappa shape index (κ2) is 8.43. The molecule has 2 heterocycles. The number of carboxylic acid groups (broad SMARTS) is 1. The number of amides is 1. The summed E-state index contributed by atoms with van der Waals surface area (Å²) in [6.45, 7) is 0. The molecule has 0 saturated carbocycles. The highest BCUT2D eigenvalue weighted by Crippen LogP contribution is 2.51. The van der Waals surface area contributed by atoms with Crippen LogP contribution < -0.4 is 19.5 Å². The predicted octanol–water partition coefficient (Wildman–Crippen LogP) is 4.32. The third-order valence-electron chi connectivity index (χ3n) is 5.38. The van der Waals surface area contributed by atoms with Crippen LogP contribution in [0.15, 0.2) is 36.4 Å². The molecule has 0 spiro atoms. The molecular weight excluding hydrogens is 434 g/mol. The SMILES string of the molecule is COc1ccc(-c2c(C(=O)O)sc3c2NC(=O)C[C@@H]3c2cc(OC)c(O)c(OC)c2)cc1. The number of phenolic OH excluding ortho intramolecular Hbond substituents is 1. The number of nitrogens with one attached hydrogen (secondary N) is 1. The van der Waals surface area contributed by atoms with Crippen molar-refractivity contribution in [1.82, 2.24) is 0 Å². The van der Waals surface area contributed by atoms with Gasteiger partial charge in [0.2, 0.25) is 11.7 Å². The molecule has 1 aliphatic rings. The largest absolute Gasteiger partial charge is 0.502 e. The first-order chi connectivity index (χ1) is 15.4. The van der Waals surface area contributed by atoms with Gasteiger partial charge in [-0.25, -0.2) is 4.79 Å². The number of phenols is 1. The number of hydrogen-bond donors (Lipinski definition) is 3. The minimum atomic E-state index is -1.08. The van der Waals surface area contributed by atoms with E-state index in [0.717, 1.165) is 11.3 Å². The standard InChI is InChI=1S/C23H21NO7S/c1-29-13-6-4-11(5-7-13)18-19-21(32-22(18)23(27)28)14(10-17(25)24-19)12-8-15(30-2)20(26)16(9-12)31-3/h4-9,14,26H,10H2,1-3H3,(H,24,25)(H,27,28)/t14-/m1/s1. The smallest absolute Gasteiger partial charge is 0.346 e. The fraction of sp³-hybridized carbons (Fsp3) is 0.217. The van der Waals surface area contributed by atoms with Crippen molar-refractivity contribution in [2.45, 2.75) is 12.3 Å². The van der Waals surface area contributed by atoms with Gasteiger partial charge in [-0.05, 0) is 35.4 Å². The number of carbonyl (C=O) groups excluding carboxylic acids is 1. The molecule has 0 bridgehead atoms. The second-order valence-electron chi connectivity index (χ2n) is 7.16. The molecule has 1 aliphatic heterocycles. The number of methoxy groups -OCH3 is 3. The molecule has 32 heavy (non-hydrogen) atoms. The molecule has 3 aromatic rings. The van der Waals surface area contributed by atoms with Gasteiger partial charge in [0, 0.05) is 22.8 Å². The zero-order valence-electron chi connectivity index (χ0n) is 17.6. The van der Waals surface area contributed by atoms with Crippen LogP contribution in [-0.2, 0) is 4.79 Å². The highest BCUT2D eigenvalue weighted by Gasteiger charge is 2.35. The number of carbonyl (C=O) groups is 2. The third-order valence-corrected chi connectivity index (χ3v) is 6.67. The number of ether oxygens (including phenoxy) is 3. The van der Waals surface area contributed by atoms with Crippen molar-refractivity contribution in [1.29, 1.82) is 0 Å². The molecule has 166 valence electrons. The summed E-state index contributed by atoms with van der Waals surface area (Å²) in [5.41, 5.74) is 2.26. The first-order valence-corrected chi connectivity index (χ1v) is 10.5. The number of rotatable bonds is 6. The van der Waals surface area contributed by atoms with Crippen molar-refractivity contribution in [3.05, 3.63) is 51.7 Å². The van der Waals surface area contributed by atoms with Crippen molar-refractivity contribution in [3.63, 3.8) is 0 Å². The molecule has 0 unspecified atom stereocenters. The van der Waals surface area contributed by atoms with Crippen LogP contribution in [0.3, 0.4) is 0 Å². The normalized spacial score (nSPS) is 15.0. The summed E-state index contributed by atoms with van der Waals surface area (Å²) >= 11 is 1.12. The molecule has 0 aliphatic carbocycles. The van der Waals surface area contributed by atoms with Gasteiger partial charge in [0.1, 0.15) is 10.6 Å². The van der Waals surface area contributed by atoms with Crippen molar-refractivity contribution in [2.75, 3.05) is 26.6 Å². The van der Waals surface area contributed by atoms with Gasteiger partial charge in [-0.3, -0.25) is 4.79 Å². The summed E-state index contributed by atoms with van der Waals surface area (Å²) in [7, 11) is 4.40. The number of aromatic hydroxyl groups is 1. The number of hydrogen-bond acceptors (Lipinski definition) is 7. The molecule has 2 aromatic carbocycles. The van der Waals surface area contributed by atoms with Gasteiger partial charge < -0.3 is 29.7 Å². The van der Waals surface area contributed by atoms with E-state index in [0.29, 0.717) is 33.0 Å². The van der Waals surface area contributed by atoms with E-state index in [2.05, 4.69) is 5.32 Å². The molecule has 8 nitrogen and oxygen atoms in total. The number of thiophene rings is 1. The summed E-state index contributed by atoms with van der Waals surface area (Å²) in [5, 5.41) is 23.0. The van der Waals surface area contributed by atoms with Crippen molar-refractivity contribution in [2.24, 2.45) is 0 Å². The average molecular weight is 455 g/mol. The highest BCUT2D eigenvalue weighted by atomic mass is 32.1. The van der Waals surface area contributed by atoms with Crippen LogP contribution in [0, 0.1) is 0 Å². The fourth-order valence-electron chi connectivity index (χ4n) is 3.85. The van der Waals surface area contributed by atoms with Gasteiger partial charge in [-0.15, -0.1) is 11.3 Å². The second-order valence-corrected chi connectivity index (χ2v) is 8.21. The Kier molecular flexibility index (Phi) is 5.67. The van der Waals surface area contributed by atoms with Crippen LogP contribution in [0.5, 0.6) is 23.0 Å². The Hall–Kier alpha value is -3.72. The van der Waals surface area contributed by atoms with E-state index in [9.17, 15) is 19.8 Å². The Balaban J connectivity index is 1.92. The van der Waals surface area contributed by atoms with Gasteiger partial charge in [0.15, 0.2) is 11.5 Å². The molecule has 0 fully saturated rings. The topological polar surface area (TPSA) is 114 Å². The van der Waals surface area contributed by atoms with E-state index in [1.807, 2.05) is 0 Å². The van der Waals surface area contributed by atoms with Crippen LogP contribution in [-0.4, -0.2) is 43.4 Å². The zero-order valence-corrected chi connectivity index (χ0v) is 18.4. The molecule has 0 radical (unpaired) electrons. The fourth-order valence-corrected chi connectivity index (χ4v) is 5.10. The molecule has 9 heteroatoms. The molecular formula is C23H21NO7S. The first kappa shape index (κ1) is 21.5. The maximum absolute atomic E-state index is 12.7. The first-order valence-electron chi connectivity index (χ1n) is 9.67. The zero-order chi connectivity index (χ0) is 23.0. The molecule has 1 atom stereocenters. The van der Waals surface area contributed by atoms with Crippen molar-refractivity contribution >= 4 is 28.9 Å². The average Bonchev–Trinajstić information content (AvgIpc) is 3.18. The Morgan fingerprint density at radius 1 is 1.06 bits per heavy atom. The van der Waals surface area contributed by atoms with Crippen LogP contribution in [0.25, 0.3) is 11.1 Å². The lowest BCUT2D eigenvalue weighted by Crippen LogP contribution is -2.22. The molecule has 1 aromatic heterocycles. The number of anilines is 1. The Morgan fingerprint density at radius 3 is 2.22 bits per heavy atom. The number of fused-ring (bicyclic) bond motifs is 1. The minimum Gasteiger partial charge on any atom is -0.502 e. The summed E-state index contributed by atoms with van der Waals surface area (Å²) in [5.74, 6) is -0.843. The minimum absolute atomic E-state index is 0.117. The van der Waals surface area contributed by atoms with E-state index in [4.69, 9.17) is 14.2 Å².